The fourth-order valence-electron chi connectivity index (χ4n) is 2.47. The fourth-order valence-corrected chi connectivity index (χ4v) is 2.47. The number of aromatic nitrogens is 3. The van der Waals surface area contributed by atoms with Gasteiger partial charge in [-0.05, 0) is 6.07 Å². The number of pyridine rings is 1. The predicted octanol–water partition coefficient (Wildman–Crippen LogP) is 1.15. The first-order valence-corrected chi connectivity index (χ1v) is 7.47. The molecule has 0 saturated carbocycles. The van der Waals surface area contributed by atoms with Gasteiger partial charge in [-0.25, -0.2) is 9.97 Å². The van der Waals surface area contributed by atoms with Crippen LogP contribution in [0.1, 0.15) is 15.9 Å². The topological polar surface area (TPSA) is 82.2 Å². The first kappa shape index (κ1) is 16.9. The van der Waals surface area contributed by atoms with Crippen LogP contribution in [0, 0.1) is 0 Å². The molecule has 1 saturated heterocycles. The lowest BCUT2D eigenvalue weighted by Gasteiger charge is -2.34. The number of rotatable bonds is 2. The molecule has 2 aromatic rings. The summed E-state index contributed by atoms with van der Waals surface area (Å²) in [6, 6.07) is 2.73. The third-order valence-corrected chi connectivity index (χ3v) is 3.85. The first-order valence-electron chi connectivity index (χ1n) is 7.47. The van der Waals surface area contributed by atoms with E-state index in [2.05, 4.69) is 15.0 Å². The molecule has 1 aliphatic heterocycles. The molecule has 0 bridgehead atoms. The number of piperazine rings is 1. The van der Waals surface area contributed by atoms with Crippen LogP contribution >= 0.6 is 0 Å². The summed E-state index contributed by atoms with van der Waals surface area (Å²) >= 11 is 0. The van der Waals surface area contributed by atoms with Gasteiger partial charge in [-0.3, -0.25) is 9.59 Å². The zero-order chi connectivity index (χ0) is 18.0. The van der Waals surface area contributed by atoms with E-state index in [0.717, 1.165) is 12.4 Å². The quantitative estimate of drug-likeness (QED) is 0.876. The third-order valence-electron chi connectivity index (χ3n) is 3.85. The number of hydrogen-bond acceptors (Lipinski definition) is 5. The van der Waals surface area contributed by atoms with Gasteiger partial charge in [0.1, 0.15) is 0 Å². The number of alkyl halides is 3. The molecule has 7 nitrogen and oxygen atoms in total. The van der Waals surface area contributed by atoms with Crippen molar-refractivity contribution in [1.29, 1.82) is 0 Å². The lowest BCUT2D eigenvalue weighted by molar-refractivity contribution is -0.138. The van der Waals surface area contributed by atoms with Crippen molar-refractivity contribution >= 4 is 11.9 Å². The van der Waals surface area contributed by atoms with E-state index in [1.54, 1.807) is 9.80 Å². The van der Waals surface area contributed by atoms with Crippen molar-refractivity contribution in [3.05, 3.63) is 52.2 Å². The second-order valence-electron chi connectivity index (χ2n) is 5.49. The zero-order valence-electron chi connectivity index (χ0n) is 13.0. The summed E-state index contributed by atoms with van der Waals surface area (Å²) in [6.45, 7) is 1.56. The van der Waals surface area contributed by atoms with Gasteiger partial charge in [-0.1, -0.05) is 0 Å². The van der Waals surface area contributed by atoms with Crippen LogP contribution in [0.4, 0.5) is 19.1 Å². The van der Waals surface area contributed by atoms with Crippen molar-refractivity contribution in [3.8, 4) is 0 Å². The Hall–Kier alpha value is -2.91. The summed E-state index contributed by atoms with van der Waals surface area (Å²) in [7, 11) is 0. The van der Waals surface area contributed by atoms with Crippen molar-refractivity contribution in [2.45, 2.75) is 6.18 Å². The molecule has 1 N–H and O–H groups in total. The van der Waals surface area contributed by atoms with Crippen molar-refractivity contribution in [2.24, 2.45) is 0 Å². The molecule has 0 radical (unpaired) electrons. The molecule has 2 aromatic heterocycles. The minimum Gasteiger partial charge on any atom is -0.337 e. The van der Waals surface area contributed by atoms with E-state index in [4.69, 9.17) is 0 Å². The highest BCUT2D eigenvalue weighted by molar-refractivity contribution is 5.94. The van der Waals surface area contributed by atoms with E-state index in [9.17, 15) is 22.8 Å². The van der Waals surface area contributed by atoms with E-state index in [-0.39, 0.29) is 17.4 Å². The Balaban J connectivity index is 1.62. The molecule has 1 fully saturated rings. The Labute approximate surface area is 140 Å². The van der Waals surface area contributed by atoms with E-state index >= 15 is 0 Å². The van der Waals surface area contributed by atoms with Crippen molar-refractivity contribution in [1.82, 2.24) is 19.9 Å². The number of carbonyl (C=O) groups excluding carboxylic acids is 1. The third kappa shape index (κ3) is 3.78. The van der Waals surface area contributed by atoms with Crippen molar-refractivity contribution in [3.63, 3.8) is 0 Å². The van der Waals surface area contributed by atoms with E-state index in [0.29, 0.717) is 31.7 Å². The number of amides is 1. The van der Waals surface area contributed by atoms with E-state index in [1.807, 2.05) is 0 Å². The van der Waals surface area contributed by atoms with Crippen LogP contribution in [0.5, 0.6) is 0 Å². The second kappa shape index (κ2) is 6.54. The van der Waals surface area contributed by atoms with Crippen LogP contribution < -0.4 is 10.5 Å². The summed E-state index contributed by atoms with van der Waals surface area (Å²) in [5.74, 6) is -0.0200. The molecule has 0 atom stereocenters. The predicted molar refractivity (Wildman–Crippen MR) is 82.2 cm³/mol. The van der Waals surface area contributed by atoms with Gasteiger partial charge in [0.25, 0.3) is 5.91 Å². The van der Waals surface area contributed by atoms with Crippen LogP contribution in [0.3, 0.4) is 0 Å². The highest BCUT2D eigenvalue weighted by Gasteiger charge is 2.32. The van der Waals surface area contributed by atoms with Gasteiger partial charge in [0.15, 0.2) is 0 Å². The first-order chi connectivity index (χ1) is 11.8. The highest BCUT2D eigenvalue weighted by Crippen LogP contribution is 2.28. The maximum atomic E-state index is 12.5. The Bertz CT molecular complexity index is 791. The number of aromatic amines is 1. The number of hydrogen-bond donors (Lipinski definition) is 1. The Kier molecular flexibility index (Phi) is 4.43. The van der Waals surface area contributed by atoms with Gasteiger partial charge >= 0.3 is 6.18 Å². The van der Waals surface area contributed by atoms with Gasteiger partial charge in [-0.15, -0.1) is 0 Å². The van der Waals surface area contributed by atoms with Gasteiger partial charge < -0.3 is 14.8 Å². The minimum absolute atomic E-state index is 0.198. The number of nitrogens with zero attached hydrogens (tertiary/aromatic N) is 4. The summed E-state index contributed by atoms with van der Waals surface area (Å²) < 4.78 is 37.6. The number of H-pyrrole nitrogens is 1. The van der Waals surface area contributed by atoms with Gasteiger partial charge in [0, 0.05) is 50.8 Å². The van der Waals surface area contributed by atoms with Crippen LogP contribution in [0.15, 0.2) is 35.5 Å². The van der Waals surface area contributed by atoms with Gasteiger partial charge in [0.2, 0.25) is 11.5 Å². The Morgan fingerprint density at radius 2 is 1.72 bits per heavy atom. The molecule has 0 aliphatic carbocycles. The minimum atomic E-state index is -4.47. The maximum absolute atomic E-state index is 12.5. The molecule has 3 rings (SSSR count). The maximum Gasteiger partial charge on any atom is 0.419 e. The molecule has 132 valence electrons. The summed E-state index contributed by atoms with van der Waals surface area (Å²) in [5.41, 5.74) is -0.817. The monoisotopic (exact) mass is 353 g/mol. The molecular formula is C15H14F3N5O2. The van der Waals surface area contributed by atoms with Crippen LogP contribution in [-0.4, -0.2) is 51.9 Å². The largest absolute Gasteiger partial charge is 0.419 e. The van der Waals surface area contributed by atoms with Gasteiger partial charge in [0.05, 0.1) is 11.1 Å². The molecule has 25 heavy (non-hydrogen) atoms. The molecule has 10 heteroatoms. The molecule has 1 amide bonds. The lowest BCUT2D eigenvalue weighted by atomic mass is 10.2. The molecule has 1 aliphatic rings. The van der Waals surface area contributed by atoms with E-state index in [1.165, 1.54) is 18.3 Å². The highest BCUT2D eigenvalue weighted by atomic mass is 19.4. The van der Waals surface area contributed by atoms with Crippen LogP contribution in [0.25, 0.3) is 0 Å². The summed E-state index contributed by atoms with van der Waals surface area (Å²) in [4.78, 5) is 36.7. The lowest BCUT2D eigenvalue weighted by Crippen LogP contribution is -2.49. The van der Waals surface area contributed by atoms with Crippen LogP contribution in [0.2, 0.25) is 0 Å². The average Bonchev–Trinajstić information content (AvgIpc) is 2.61. The van der Waals surface area contributed by atoms with Crippen molar-refractivity contribution < 1.29 is 18.0 Å². The smallest absolute Gasteiger partial charge is 0.337 e. The SMILES string of the molecule is O=C(c1ccc(=O)[nH]c1)N1CCN(c2ncc(C(F)(F)F)cn2)CC1. The summed E-state index contributed by atoms with van der Waals surface area (Å²) in [5, 5.41) is 0. The van der Waals surface area contributed by atoms with Gasteiger partial charge in [-0.2, -0.15) is 13.2 Å². The average molecular weight is 353 g/mol. The van der Waals surface area contributed by atoms with E-state index < -0.39 is 11.7 Å². The molecule has 0 aromatic carbocycles. The van der Waals surface area contributed by atoms with Crippen molar-refractivity contribution in [2.75, 3.05) is 31.1 Å². The number of anilines is 1. The standard InChI is InChI=1S/C15H14F3N5O2/c16-15(17,18)11-8-20-14(21-9-11)23-5-3-22(4-6-23)13(25)10-1-2-12(24)19-7-10/h1-2,7-9H,3-6H2,(H,19,24). The second-order valence-corrected chi connectivity index (χ2v) is 5.49. The fraction of sp³-hybridized carbons (Fsp3) is 0.333. The Morgan fingerprint density at radius 1 is 1.08 bits per heavy atom. The Morgan fingerprint density at radius 3 is 2.24 bits per heavy atom. The number of carbonyl (C=O) groups is 1. The molecule has 0 unspecified atom stereocenters. The normalized spacial score (nSPS) is 15.3. The molecular weight excluding hydrogens is 339 g/mol. The summed E-state index contributed by atoms with van der Waals surface area (Å²) in [6.07, 6.45) is -1.61. The number of halogens is 3. The molecule has 3 heterocycles. The molecule has 0 spiro atoms. The zero-order valence-corrected chi connectivity index (χ0v) is 13.0. The number of nitrogens with one attached hydrogen (secondary N) is 1. The van der Waals surface area contributed by atoms with Crippen LogP contribution in [-0.2, 0) is 6.18 Å².